The Labute approximate surface area is 141 Å². The van der Waals surface area contributed by atoms with E-state index in [2.05, 4.69) is 25.6 Å². The van der Waals surface area contributed by atoms with Gasteiger partial charge in [-0.2, -0.15) is 4.98 Å². The average Bonchev–Trinajstić information content (AvgIpc) is 3.04. The quantitative estimate of drug-likeness (QED) is 0.893. The molecule has 2 aromatic rings. The molecule has 0 unspecified atom stereocenters. The SMILES string of the molecule is Cc1nccn1-c1nccc(NC2CCC3(CC2)CNCCO3)n1. The first kappa shape index (κ1) is 15.5. The Bertz CT molecular complexity index is 684. The van der Waals surface area contributed by atoms with E-state index in [1.54, 1.807) is 12.4 Å². The zero-order valence-corrected chi connectivity index (χ0v) is 14.0. The lowest BCUT2D eigenvalue weighted by Crippen LogP contribution is -2.52. The second-order valence-electron chi connectivity index (χ2n) is 6.71. The molecule has 1 aliphatic heterocycles. The highest BCUT2D eigenvalue weighted by atomic mass is 16.5. The summed E-state index contributed by atoms with van der Waals surface area (Å²) in [6.07, 6.45) is 9.83. The van der Waals surface area contributed by atoms with Crippen molar-refractivity contribution in [1.29, 1.82) is 0 Å². The molecule has 2 N–H and O–H groups in total. The predicted molar refractivity (Wildman–Crippen MR) is 91.3 cm³/mol. The number of imidazole rings is 1. The monoisotopic (exact) mass is 328 g/mol. The number of hydrogen-bond donors (Lipinski definition) is 2. The van der Waals surface area contributed by atoms with Gasteiger partial charge in [0.25, 0.3) is 0 Å². The molecule has 4 rings (SSSR count). The van der Waals surface area contributed by atoms with Crippen molar-refractivity contribution in [1.82, 2.24) is 24.8 Å². The van der Waals surface area contributed by atoms with Crippen LogP contribution in [0.1, 0.15) is 31.5 Å². The van der Waals surface area contributed by atoms with E-state index in [4.69, 9.17) is 4.74 Å². The van der Waals surface area contributed by atoms with Gasteiger partial charge in [-0.25, -0.2) is 9.97 Å². The molecule has 1 aliphatic carbocycles. The molecule has 0 bridgehead atoms. The van der Waals surface area contributed by atoms with Crippen molar-refractivity contribution in [2.75, 3.05) is 25.0 Å². The molecular formula is C17H24N6O. The van der Waals surface area contributed by atoms with Crippen molar-refractivity contribution >= 4 is 5.82 Å². The third-order valence-electron chi connectivity index (χ3n) is 5.07. The summed E-state index contributed by atoms with van der Waals surface area (Å²) in [5, 5.41) is 7.03. The van der Waals surface area contributed by atoms with Crippen LogP contribution in [-0.4, -0.2) is 50.9 Å². The normalized spacial score (nSPS) is 27.3. The molecule has 1 spiro atoms. The van der Waals surface area contributed by atoms with Gasteiger partial charge in [-0.3, -0.25) is 4.57 Å². The van der Waals surface area contributed by atoms with Crippen LogP contribution in [0.15, 0.2) is 24.7 Å². The maximum atomic E-state index is 6.06. The molecule has 2 fully saturated rings. The Balaban J connectivity index is 1.41. The molecule has 0 atom stereocenters. The Morgan fingerprint density at radius 2 is 2.17 bits per heavy atom. The zero-order valence-electron chi connectivity index (χ0n) is 14.0. The van der Waals surface area contributed by atoms with Crippen molar-refractivity contribution in [2.24, 2.45) is 0 Å². The second-order valence-corrected chi connectivity index (χ2v) is 6.71. The molecular weight excluding hydrogens is 304 g/mol. The van der Waals surface area contributed by atoms with E-state index < -0.39 is 0 Å². The number of rotatable bonds is 3. The lowest BCUT2D eigenvalue weighted by Gasteiger charge is -2.43. The highest BCUT2D eigenvalue weighted by Crippen LogP contribution is 2.33. The molecule has 0 radical (unpaired) electrons. The molecule has 2 aromatic heterocycles. The lowest BCUT2D eigenvalue weighted by atomic mass is 9.81. The summed E-state index contributed by atoms with van der Waals surface area (Å²) < 4.78 is 7.95. The molecule has 7 nitrogen and oxygen atoms in total. The van der Waals surface area contributed by atoms with Gasteiger partial charge < -0.3 is 15.4 Å². The van der Waals surface area contributed by atoms with E-state index >= 15 is 0 Å². The fourth-order valence-corrected chi connectivity index (χ4v) is 3.66. The van der Waals surface area contributed by atoms with Crippen LogP contribution < -0.4 is 10.6 Å². The maximum Gasteiger partial charge on any atom is 0.237 e. The summed E-state index contributed by atoms with van der Waals surface area (Å²) in [4.78, 5) is 13.2. The van der Waals surface area contributed by atoms with Gasteiger partial charge in [-0.15, -0.1) is 0 Å². The van der Waals surface area contributed by atoms with Crippen LogP contribution in [0.2, 0.25) is 0 Å². The van der Waals surface area contributed by atoms with Crippen LogP contribution >= 0.6 is 0 Å². The molecule has 128 valence electrons. The molecule has 7 heteroatoms. The number of anilines is 1. The van der Waals surface area contributed by atoms with Crippen LogP contribution in [0, 0.1) is 6.92 Å². The minimum absolute atomic E-state index is 0.0567. The van der Waals surface area contributed by atoms with E-state index in [1.807, 2.05) is 23.8 Å². The van der Waals surface area contributed by atoms with Crippen molar-refractivity contribution in [3.63, 3.8) is 0 Å². The first-order valence-electron chi connectivity index (χ1n) is 8.69. The fourth-order valence-electron chi connectivity index (χ4n) is 3.66. The maximum absolute atomic E-state index is 6.06. The van der Waals surface area contributed by atoms with E-state index in [1.165, 1.54) is 0 Å². The molecule has 1 saturated heterocycles. The molecule has 24 heavy (non-hydrogen) atoms. The van der Waals surface area contributed by atoms with Gasteiger partial charge in [-0.05, 0) is 38.7 Å². The van der Waals surface area contributed by atoms with Crippen molar-refractivity contribution in [3.05, 3.63) is 30.5 Å². The largest absolute Gasteiger partial charge is 0.372 e. The van der Waals surface area contributed by atoms with Crippen LogP contribution in [0.3, 0.4) is 0 Å². The lowest BCUT2D eigenvalue weighted by molar-refractivity contribution is -0.0888. The van der Waals surface area contributed by atoms with E-state index in [-0.39, 0.29) is 5.60 Å². The molecule has 0 aromatic carbocycles. The Kier molecular flexibility index (Phi) is 4.20. The zero-order chi connectivity index (χ0) is 16.4. The Hall–Kier alpha value is -1.99. The molecule has 3 heterocycles. The van der Waals surface area contributed by atoms with Gasteiger partial charge in [-0.1, -0.05) is 0 Å². The number of aromatic nitrogens is 4. The predicted octanol–water partition coefficient (Wildman–Crippen LogP) is 1.68. The third-order valence-corrected chi connectivity index (χ3v) is 5.07. The number of ether oxygens (including phenoxy) is 1. The first-order chi connectivity index (χ1) is 11.7. The highest BCUT2D eigenvalue weighted by molar-refractivity contribution is 5.37. The summed E-state index contributed by atoms with van der Waals surface area (Å²) in [7, 11) is 0. The highest BCUT2D eigenvalue weighted by Gasteiger charge is 2.37. The average molecular weight is 328 g/mol. The summed E-state index contributed by atoms with van der Waals surface area (Å²) in [6, 6.07) is 2.37. The van der Waals surface area contributed by atoms with E-state index in [0.717, 1.165) is 57.0 Å². The van der Waals surface area contributed by atoms with Gasteiger partial charge in [0.15, 0.2) is 0 Å². The Morgan fingerprint density at radius 1 is 1.29 bits per heavy atom. The third kappa shape index (κ3) is 3.14. The van der Waals surface area contributed by atoms with Gasteiger partial charge >= 0.3 is 0 Å². The summed E-state index contributed by atoms with van der Waals surface area (Å²) in [5.74, 6) is 2.41. The first-order valence-corrected chi connectivity index (χ1v) is 8.69. The molecule has 0 amide bonds. The van der Waals surface area contributed by atoms with Crippen LogP contribution in [-0.2, 0) is 4.74 Å². The standard InChI is InChI=1S/C17H24N6O/c1-13-19-8-10-23(13)16-20-7-4-15(22-16)21-14-2-5-17(6-3-14)12-18-9-11-24-17/h4,7-8,10,14,18H,2-3,5-6,9,11-12H2,1H3,(H,20,21,22). The van der Waals surface area contributed by atoms with Gasteiger partial charge in [0, 0.05) is 37.7 Å². The smallest absolute Gasteiger partial charge is 0.237 e. The van der Waals surface area contributed by atoms with E-state index in [0.29, 0.717) is 12.0 Å². The number of hydrogen-bond acceptors (Lipinski definition) is 6. The number of aryl methyl sites for hydroxylation is 1. The van der Waals surface area contributed by atoms with E-state index in [9.17, 15) is 0 Å². The summed E-state index contributed by atoms with van der Waals surface area (Å²) in [6.45, 7) is 4.73. The van der Waals surface area contributed by atoms with Crippen molar-refractivity contribution < 1.29 is 4.74 Å². The van der Waals surface area contributed by atoms with Gasteiger partial charge in [0.2, 0.25) is 5.95 Å². The fraction of sp³-hybridized carbons (Fsp3) is 0.588. The van der Waals surface area contributed by atoms with Crippen molar-refractivity contribution in [2.45, 2.75) is 44.2 Å². The Morgan fingerprint density at radius 3 is 2.88 bits per heavy atom. The molecule has 1 saturated carbocycles. The van der Waals surface area contributed by atoms with Gasteiger partial charge in [0.1, 0.15) is 11.6 Å². The van der Waals surface area contributed by atoms with Crippen LogP contribution in [0.4, 0.5) is 5.82 Å². The van der Waals surface area contributed by atoms with Crippen LogP contribution in [0.5, 0.6) is 0 Å². The number of morpholine rings is 1. The molecule has 2 aliphatic rings. The van der Waals surface area contributed by atoms with Crippen molar-refractivity contribution in [3.8, 4) is 5.95 Å². The van der Waals surface area contributed by atoms with Crippen LogP contribution in [0.25, 0.3) is 5.95 Å². The number of nitrogens with one attached hydrogen (secondary N) is 2. The van der Waals surface area contributed by atoms with Gasteiger partial charge in [0.05, 0.1) is 12.2 Å². The minimum Gasteiger partial charge on any atom is -0.372 e. The minimum atomic E-state index is 0.0567. The second kappa shape index (κ2) is 6.49. The topological polar surface area (TPSA) is 76.9 Å². The summed E-state index contributed by atoms with van der Waals surface area (Å²) in [5.41, 5.74) is 0.0567. The number of nitrogens with zero attached hydrogens (tertiary/aromatic N) is 4. The summed E-state index contributed by atoms with van der Waals surface area (Å²) >= 11 is 0.